The number of ether oxygens (including phenoxy) is 2. The highest BCUT2D eigenvalue weighted by Crippen LogP contribution is 2.30. The molecule has 0 saturated carbocycles. The SMILES string of the molecule is COC(=O)c1cc(CBr)c(OC(C)=O)c(CBr)c1. The highest BCUT2D eigenvalue weighted by Gasteiger charge is 2.16. The Morgan fingerprint density at radius 1 is 1.17 bits per heavy atom. The molecular formula is C12H12Br2O4. The summed E-state index contributed by atoms with van der Waals surface area (Å²) in [4.78, 5) is 22.6. The molecule has 0 heterocycles. The number of halogens is 2. The van der Waals surface area contributed by atoms with E-state index in [-0.39, 0.29) is 0 Å². The molecule has 0 spiro atoms. The minimum absolute atomic E-state index is 0.398. The fraction of sp³-hybridized carbons (Fsp3) is 0.333. The molecule has 0 atom stereocenters. The van der Waals surface area contributed by atoms with Crippen LogP contribution in [0.25, 0.3) is 0 Å². The van der Waals surface area contributed by atoms with Crippen molar-refractivity contribution < 1.29 is 19.1 Å². The van der Waals surface area contributed by atoms with E-state index in [4.69, 9.17) is 4.74 Å². The molecule has 6 heteroatoms. The lowest BCUT2D eigenvalue weighted by molar-refractivity contribution is -0.131. The molecule has 0 unspecified atom stereocenters. The van der Waals surface area contributed by atoms with Gasteiger partial charge in [-0.25, -0.2) is 4.79 Å². The first-order valence-electron chi connectivity index (χ1n) is 5.08. The predicted molar refractivity (Wildman–Crippen MR) is 74.4 cm³/mol. The summed E-state index contributed by atoms with van der Waals surface area (Å²) in [6, 6.07) is 3.29. The zero-order valence-electron chi connectivity index (χ0n) is 9.96. The summed E-state index contributed by atoms with van der Waals surface area (Å²) in [5.41, 5.74) is 1.88. The Hall–Kier alpha value is -0.880. The third-order valence-electron chi connectivity index (χ3n) is 2.20. The number of benzene rings is 1. The van der Waals surface area contributed by atoms with Crippen molar-refractivity contribution >= 4 is 43.8 Å². The number of rotatable bonds is 4. The fourth-order valence-corrected chi connectivity index (χ4v) is 2.30. The number of carbonyl (C=O) groups excluding carboxylic acids is 2. The Morgan fingerprint density at radius 3 is 2.00 bits per heavy atom. The average Bonchev–Trinajstić information content (AvgIpc) is 2.37. The van der Waals surface area contributed by atoms with E-state index < -0.39 is 11.9 Å². The van der Waals surface area contributed by atoms with Crippen LogP contribution in [0.4, 0.5) is 0 Å². The summed E-state index contributed by atoms with van der Waals surface area (Å²) < 4.78 is 9.85. The predicted octanol–water partition coefficient (Wildman–Crippen LogP) is 3.19. The monoisotopic (exact) mass is 378 g/mol. The first-order valence-corrected chi connectivity index (χ1v) is 7.32. The van der Waals surface area contributed by atoms with Gasteiger partial charge in [0.05, 0.1) is 12.7 Å². The van der Waals surface area contributed by atoms with Crippen LogP contribution in [0.1, 0.15) is 28.4 Å². The number of methoxy groups -OCH3 is 1. The summed E-state index contributed by atoms with van der Waals surface area (Å²) in [6.45, 7) is 1.34. The summed E-state index contributed by atoms with van der Waals surface area (Å²) in [6.07, 6.45) is 0. The molecule has 0 amide bonds. The Kier molecular flexibility index (Phi) is 5.81. The van der Waals surface area contributed by atoms with E-state index in [1.54, 1.807) is 12.1 Å². The van der Waals surface area contributed by atoms with Gasteiger partial charge in [0, 0.05) is 28.7 Å². The molecule has 0 aliphatic rings. The van der Waals surface area contributed by atoms with Crippen LogP contribution in [0.2, 0.25) is 0 Å². The van der Waals surface area contributed by atoms with E-state index in [9.17, 15) is 9.59 Å². The molecule has 98 valence electrons. The van der Waals surface area contributed by atoms with Crippen LogP contribution in [0.5, 0.6) is 5.75 Å². The van der Waals surface area contributed by atoms with Gasteiger partial charge in [-0.05, 0) is 12.1 Å². The van der Waals surface area contributed by atoms with Gasteiger partial charge >= 0.3 is 11.9 Å². The molecule has 0 aliphatic heterocycles. The van der Waals surface area contributed by atoms with E-state index in [0.717, 1.165) is 11.1 Å². The van der Waals surface area contributed by atoms with Gasteiger partial charge in [0.15, 0.2) is 0 Å². The van der Waals surface area contributed by atoms with Crippen molar-refractivity contribution in [1.82, 2.24) is 0 Å². The fourth-order valence-electron chi connectivity index (χ4n) is 1.46. The summed E-state index contributed by atoms with van der Waals surface area (Å²) in [7, 11) is 1.32. The standard InChI is InChI=1S/C12H12Br2O4/c1-7(15)18-11-9(5-13)3-8(12(16)17-2)4-10(11)6-14/h3-4H,5-6H2,1-2H3. The van der Waals surface area contributed by atoms with Crippen LogP contribution in [0.15, 0.2) is 12.1 Å². The number of esters is 2. The summed E-state index contributed by atoms with van der Waals surface area (Å²) in [5.74, 6) is -0.345. The van der Waals surface area contributed by atoms with Gasteiger partial charge < -0.3 is 9.47 Å². The molecule has 1 aromatic rings. The van der Waals surface area contributed by atoms with Crippen LogP contribution in [0.3, 0.4) is 0 Å². The Bertz CT molecular complexity index is 446. The smallest absolute Gasteiger partial charge is 0.337 e. The Morgan fingerprint density at radius 2 is 1.67 bits per heavy atom. The van der Waals surface area contributed by atoms with E-state index in [0.29, 0.717) is 22.0 Å². The lowest BCUT2D eigenvalue weighted by Crippen LogP contribution is -2.09. The zero-order chi connectivity index (χ0) is 13.7. The molecule has 0 aliphatic carbocycles. The van der Waals surface area contributed by atoms with Gasteiger partial charge in [-0.3, -0.25) is 4.79 Å². The third-order valence-corrected chi connectivity index (χ3v) is 3.41. The molecule has 0 fully saturated rings. The van der Waals surface area contributed by atoms with Crippen molar-refractivity contribution in [3.8, 4) is 5.75 Å². The van der Waals surface area contributed by atoms with Crippen LogP contribution >= 0.6 is 31.9 Å². The molecule has 0 bridgehead atoms. The maximum atomic E-state index is 11.5. The number of hydrogen-bond acceptors (Lipinski definition) is 4. The molecular weight excluding hydrogens is 368 g/mol. The van der Waals surface area contributed by atoms with Crippen molar-refractivity contribution in [2.24, 2.45) is 0 Å². The largest absolute Gasteiger partial charge is 0.465 e. The first-order chi connectivity index (χ1) is 8.53. The van der Waals surface area contributed by atoms with Crippen LogP contribution in [-0.4, -0.2) is 19.0 Å². The van der Waals surface area contributed by atoms with Gasteiger partial charge in [-0.1, -0.05) is 31.9 Å². The van der Waals surface area contributed by atoms with Gasteiger partial charge in [0.2, 0.25) is 0 Å². The number of carbonyl (C=O) groups is 2. The lowest BCUT2D eigenvalue weighted by atomic mass is 10.1. The zero-order valence-corrected chi connectivity index (χ0v) is 13.1. The third kappa shape index (κ3) is 3.55. The van der Waals surface area contributed by atoms with Crippen molar-refractivity contribution in [1.29, 1.82) is 0 Å². The Labute approximate surface area is 122 Å². The topological polar surface area (TPSA) is 52.6 Å². The van der Waals surface area contributed by atoms with Gasteiger partial charge in [-0.2, -0.15) is 0 Å². The van der Waals surface area contributed by atoms with Crippen molar-refractivity contribution in [3.63, 3.8) is 0 Å². The van der Waals surface area contributed by atoms with E-state index in [1.165, 1.54) is 14.0 Å². The molecule has 4 nitrogen and oxygen atoms in total. The highest BCUT2D eigenvalue weighted by molar-refractivity contribution is 9.08. The number of hydrogen-bond donors (Lipinski definition) is 0. The van der Waals surface area contributed by atoms with E-state index in [2.05, 4.69) is 36.6 Å². The van der Waals surface area contributed by atoms with E-state index in [1.807, 2.05) is 0 Å². The van der Waals surface area contributed by atoms with Gasteiger partial charge in [-0.15, -0.1) is 0 Å². The van der Waals surface area contributed by atoms with Gasteiger partial charge in [0.25, 0.3) is 0 Å². The van der Waals surface area contributed by atoms with Gasteiger partial charge in [0.1, 0.15) is 5.75 Å². The second-order valence-electron chi connectivity index (χ2n) is 3.48. The molecule has 1 rings (SSSR count). The maximum absolute atomic E-state index is 11.5. The minimum Gasteiger partial charge on any atom is -0.465 e. The molecule has 18 heavy (non-hydrogen) atoms. The minimum atomic E-state index is -0.422. The lowest BCUT2D eigenvalue weighted by Gasteiger charge is -2.13. The van der Waals surface area contributed by atoms with E-state index >= 15 is 0 Å². The highest BCUT2D eigenvalue weighted by atomic mass is 79.9. The average molecular weight is 380 g/mol. The van der Waals surface area contributed by atoms with Crippen LogP contribution < -0.4 is 4.74 Å². The van der Waals surface area contributed by atoms with Crippen LogP contribution in [0, 0.1) is 0 Å². The molecule has 0 saturated heterocycles. The molecule has 0 radical (unpaired) electrons. The van der Waals surface area contributed by atoms with Crippen molar-refractivity contribution in [2.45, 2.75) is 17.6 Å². The quantitative estimate of drug-likeness (QED) is 0.458. The molecule has 0 N–H and O–H groups in total. The Balaban J connectivity index is 3.33. The first kappa shape index (κ1) is 15.2. The van der Waals surface area contributed by atoms with Crippen molar-refractivity contribution in [2.75, 3.05) is 7.11 Å². The molecule has 0 aromatic heterocycles. The summed E-state index contributed by atoms with van der Waals surface area (Å²) >= 11 is 6.62. The summed E-state index contributed by atoms with van der Waals surface area (Å²) in [5, 5.41) is 0.945. The van der Waals surface area contributed by atoms with Crippen molar-refractivity contribution in [3.05, 3.63) is 28.8 Å². The normalized spacial score (nSPS) is 10.0. The second-order valence-corrected chi connectivity index (χ2v) is 4.60. The maximum Gasteiger partial charge on any atom is 0.337 e. The number of alkyl halides is 2. The molecule has 1 aromatic carbocycles. The second kappa shape index (κ2) is 6.89. The van der Waals surface area contributed by atoms with Crippen LogP contribution in [-0.2, 0) is 20.2 Å².